The zero-order chi connectivity index (χ0) is 20.2. The number of thiol groups is 1. The molecule has 2 aromatic heterocycles. The Bertz CT molecular complexity index is 957. The molecule has 0 aliphatic carbocycles. The summed E-state index contributed by atoms with van der Waals surface area (Å²) in [4.78, 5) is 11.2. The zero-order valence-corrected chi connectivity index (χ0v) is 17.4. The summed E-state index contributed by atoms with van der Waals surface area (Å²) >= 11 is 4.30. The number of rotatable bonds is 5. The van der Waals surface area contributed by atoms with E-state index in [4.69, 9.17) is 4.74 Å². The lowest BCUT2D eigenvalue weighted by Crippen LogP contribution is -2.46. The topological polar surface area (TPSA) is 76.1 Å². The van der Waals surface area contributed by atoms with Gasteiger partial charge in [0.25, 0.3) is 0 Å². The summed E-state index contributed by atoms with van der Waals surface area (Å²) in [5.41, 5.74) is 3.24. The minimum absolute atomic E-state index is 0.149. The van der Waals surface area contributed by atoms with Gasteiger partial charge in [0.15, 0.2) is 5.82 Å². The molecule has 7 nitrogen and oxygen atoms in total. The van der Waals surface area contributed by atoms with E-state index < -0.39 is 0 Å². The van der Waals surface area contributed by atoms with E-state index in [9.17, 15) is 0 Å². The van der Waals surface area contributed by atoms with Crippen molar-refractivity contribution in [1.29, 1.82) is 0 Å². The van der Waals surface area contributed by atoms with E-state index in [1.54, 1.807) is 12.4 Å². The third kappa shape index (κ3) is 4.83. The molecule has 0 radical (unpaired) electrons. The normalized spacial score (nSPS) is 19.2. The van der Waals surface area contributed by atoms with Crippen LogP contribution in [0, 0.1) is 0 Å². The van der Waals surface area contributed by atoms with E-state index in [0.29, 0.717) is 17.6 Å². The highest BCUT2D eigenvalue weighted by Gasteiger charge is 2.24. The molecule has 1 aromatic carbocycles. The van der Waals surface area contributed by atoms with Crippen molar-refractivity contribution in [2.75, 3.05) is 23.3 Å². The number of morpholine rings is 1. The summed E-state index contributed by atoms with van der Waals surface area (Å²) in [6.07, 6.45) is 3.80. The van der Waals surface area contributed by atoms with E-state index in [2.05, 4.69) is 81.1 Å². The van der Waals surface area contributed by atoms with Crippen molar-refractivity contribution in [2.45, 2.75) is 31.8 Å². The molecule has 0 spiro atoms. The Balaban J connectivity index is 1.52. The minimum atomic E-state index is 0.149. The van der Waals surface area contributed by atoms with Crippen LogP contribution in [0.3, 0.4) is 0 Å². The Morgan fingerprint density at radius 1 is 1.07 bits per heavy atom. The predicted octanol–water partition coefficient (Wildman–Crippen LogP) is 3.72. The van der Waals surface area contributed by atoms with Crippen molar-refractivity contribution in [2.24, 2.45) is 0 Å². The fraction of sp³-hybridized carbons (Fsp3) is 0.333. The molecule has 8 heteroatoms. The Hall–Kier alpha value is -2.71. The second-order valence-electron chi connectivity index (χ2n) is 7.21. The van der Waals surface area contributed by atoms with Crippen LogP contribution in [0.1, 0.15) is 19.4 Å². The van der Waals surface area contributed by atoms with Gasteiger partial charge in [-0.3, -0.25) is 0 Å². The fourth-order valence-electron chi connectivity index (χ4n) is 3.43. The van der Waals surface area contributed by atoms with Crippen molar-refractivity contribution >= 4 is 30.2 Å². The van der Waals surface area contributed by atoms with Gasteiger partial charge in [-0.15, -0.1) is 5.10 Å². The molecule has 0 amide bonds. The average molecular weight is 409 g/mol. The lowest BCUT2D eigenvalue weighted by Gasteiger charge is -2.35. The van der Waals surface area contributed by atoms with Crippen LogP contribution in [0.15, 0.2) is 48.8 Å². The van der Waals surface area contributed by atoms with Crippen molar-refractivity contribution < 1.29 is 4.74 Å². The maximum absolute atomic E-state index is 5.80. The first kappa shape index (κ1) is 19.6. The smallest absolute Gasteiger partial charge is 0.227 e. The maximum atomic E-state index is 5.80. The number of nitrogens with zero attached hydrogens (tertiary/aromatic N) is 5. The molecule has 1 N–H and O–H groups in total. The molecule has 150 valence electrons. The zero-order valence-electron chi connectivity index (χ0n) is 16.5. The highest BCUT2D eigenvalue weighted by molar-refractivity contribution is 7.79. The van der Waals surface area contributed by atoms with Gasteiger partial charge in [0.1, 0.15) is 5.82 Å². The summed E-state index contributed by atoms with van der Waals surface area (Å²) in [6.45, 7) is 5.67. The standard InChI is InChI=1S/C21H24N6OS/c1-14-11-27(12-15(2)28-14)21-22-8-7-19(25-21)24-20-9-18(10-23-26-20)17-5-3-16(13-29)4-6-17/h3-10,14-15,29H,11-13H2,1-2H3,(H,22,24,25,26)/t14-,15+. The molecule has 0 bridgehead atoms. The Morgan fingerprint density at radius 2 is 1.83 bits per heavy atom. The Labute approximate surface area is 176 Å². The summed E-state index contributed by atoms with van der Waals surface area (Å²) < 4.78 is 5.80. The quantitative estimate of drug-likeness (QED) is 0.623. The largest absolute Gasteiger partial charge is 0.372 e. The molecule has 3 aromatic rings. The Morgan fingerprint density at radius 3 is 2.55 bits per heavy atom. The summed E-state index contributed by atoms with van der Waals surface area (Å²) in [6, 6.07) is 12.1. The average Bonchev–Trinajstić information content (AvgIpc) is 2.73. The van der Waals surface area contributed by atoms with Gasteiger partial charge in [-0.05, 0) is 37.1 Å². The molecule has 1 saturated heterocycles. The van der Waals surface area contributed by atoms with Gasteiger partial charge in [0, 0.05) is 30.6 Å². The van der Waals surface area contributed by atoms with Gasteiger partial charge in [-0.2, -0.15) is 22.7 Å². The molecule has 29 heavy (non-hydrogen) atoms. The van der Waals surface area contributed by atoms with Crippen LogP contribution < -0.4 is 10.2 Å². The van der Waals surface area contributed by atoms with Crippen molar-refractivity contribution in [3.05, 3.63) is 54.4 Å². The van der Waals surface area contributed by atoms with E-state index in [0.717, 1.165) is 30.0 Å². The molecule has 3 heterocycles. The van der Waals surface area contributed by atoms with Crippen LogP contribution in [-0.4, -0.2) is 45.5 Å². The van der Waals surface area contributed by atoms with E-state index >= 15 is 0 Å². The van der Waals surface area contributed by atoms with Crippen LogP contribution in [0.4, 0.5) is 17.6 Å². The van der Waals surface area contributed by atoms with Crippen molar-refractivity contribution in [1.82, 2.24) is 20.2 Å². The van der Waals surface area contributed by atoms with Crippen LogP contribution in [0.25, 0.3) is 11.1 Å². The van der Waals surface area contributed by atoms with Gasteiger partial charge < -0.3 is 15.0 Å². The number of nitrogens with one attached hydrogen (secondary N) is 1. The first-order chi connectivity index (χ1) is 14.1. The van der Waals surface area contributed by atoms with Crippen LogP contribution >= 0.6 is 12.6 Å². The van der Waals surface area contributed by atoms with Crippen LogP contribution in [0.5, 0.6) is 0 Å². The minimum Gasteiger partial charge on any atom is -0.372 e. The molecule has 1 fully saturated rings. The Kier molecular flexibility index (Phi) is 5.92. The molecular weight excluding hydrogens is 384 g/mol. The monoisotopic (exact) mass is 408 g/mol. The molecular formula is C21H24N6OS. The number of hydrogen-bond donors (Lipinski definition) is 2. The highest BCUT2D eigenvalue weighted by atomic mass is 32.1. The number of hydrogen-bond acceptors (Lipinski definition) is 8. The number of aromatic nitrogens is 4. The molecule has 0 saturated carbocycles. The van der Waals surface area contributed by atoms with Crippen LogP contribution in [0.2, 0.25) is 0 Å². The second-order valence-corrected chi connectivity index (χ2v) is 7.53. The van der Waals surface area contributed by atoms with E-state index in [1.807, 2.05) is 12.1 Å². The molecule has 2 atom stereocenters. The molecule has 1 aliphatic heterocycles. The first-order valence-corrected chi connectivity index (χ1v) is 10.3. The lowest BCUT2D eigenvalue weighted by atomic mass is 10.1. The number of ether oxygens (including phenoxy) is 1. The van der Waals surface area contributed by atoms with Gasteiger partial charge in [0.05, 0.1) is 18.4 Å². The van der Waals surface area contributed by atoms with Gasteiger partial charge in [0.2, 0.25) is 5.95 Å². The SMILES string of the molecule is C[C@@H]1CN(c2nccc(Nc3cc(-c4ccc(CS)cc4)cnn3)n2)C[C@H](C)O1. The molecule has 4 rings (SSSR count). The first-order valence-electron chi connectivity index (χ1n) is 9.64. The fourth-order valence-corrected chi connectivity index (χ4v) is 3.64. The third-order valence-electron chi connectivity index (χ3n) is 4.73. The van der Waals surface area contributed by atoms with Crippen molar-refractivity contribution in [3.63, 3.8) is 0 Å². The lowest BCUT2D eigenvalue weighted by molar-refractivity contribution is -0.00571. The predicted molar refractivity (Wildman–Crippen MR) is 118 cm³/mol. The van der Waals surface area contributed by atoms with Crippen molar-refractivity contribution in [3.8, 4) is 11.1 Å². The highest BCUT2D eigenvalue weighted by Crippen LogP contribution is 2.23. The third-order valence-corrected chi connectivity index (χ3v) is 5.09. The summed E-state index contributed by atoms with van der Waals surface area (Å²) in [7, 11) is 0. The van der Waals surface area contributed by atoms with Gasteiger partial charge in [-0.25, -0.2) is 4.98 Å². The molecule has 0 unspecified atom stereocenters. The van der Waals surface area contributed by atoms with Gasteiger partial charge >= 0.3 is 0 Å². The molecule has 1 aliphatic rings. The van der Waals surface area contributed by atoms with E-state index in [-0.39, 0.29) is 12.2 Å². The van der Waals surface area contributed by atoms with Gasteiger partial charge in [-0.1, -0.05) is 24.3 Å². The number of anilines is 3. The second kappa shape index (κ2) is 8.75. The number of benzene rings is 1. The summed E-state index contributed by atoms with van der Waals surface area (Å²) in [5, 5.41) is 11.6. The summed E-state index contributed by atoms with van der Waals surface area (Å²) in [5.74, 6) is 2.72. The van der Waals surface area contributed by atoms with Crippen LogP contribution in [-0.2, 0) is 10.5 Å². The van der Waals surface area contributed by atoms with E-state index in [1.165, 1.54) is 5.56 Å². The maximum Gasteiger partial charge on any atom is 0.227 e.